The van der Waals surface area contributed by atoms with Crippen LogP contribution >= 0.6 is 12.2 Å². The number of rotatable bonds is 5. The lowest BCUT2D eigenvalue weighted by Gasteiger charge is -2.30. The van der Waals surface area contributed by atoms with Crippen LogP contribution in [-0.4, -0.2) is 24.4 Å². The number of hydrogen-bond donors (Lipinski definition) is 2. The summed E-state index contributed by atoms with van der Waals surface area (Å²) in [7, 11) is 0. The van der Waals surface area contributed by atoms with Gasteiger partial charge in [0, 0.05) is 24.5 Å². The molecule has 0 saturated heterocycles. The molecule has 1 aliphatic rings. The summed E-state index contributed by atoms with van der Waals surface area (Å²) in [5.74, 6) is 0. The first-order chi connectivity index (χ1) is 12.7. The Balaban J connectivity index is 1.57. The molecule has 2 aromatic rings. The van der Waals surface area contributed by atoms with E-state index in [1.54, 1.807) is 0 Å². The van der Waals surface area contributed by atoms with Crippen molar-refractivity contribution in [3.63, 3.8) is 0 Å². The number of aryl methyl sites for hydroxylation is 2. The quantitative estimate of drug-likeness (QED) is 0.469. The first-order valence-electron chi connectivity index (χ1n) is 9.26. The zero-order valence-electron chi connectivity index (χ0n) is 15.5. The molecule has 4 nitrogen and oxygen atoms in total. The van der Waals surface area contributed by atoms with Crippen molar-refractivity contribution in [1.82, 2.24) is 5.43 Å². The maximum absolute atomic E-state index is 5.30. The highest BCUT2D eigenvalue weighted by Crippen LogP contribution is 2.27. The van der Waals surface area contributed by atoms with Crippen LogP contribution in [0.2, 0.25) is 0 Å². The van der Waals surface area contributed by atoms with Crippen molar-refractivity contribution in [1.29, 1.82) is 0 Å². The molecule has 2 N–H and O–H groups in total. The summed E-state index contributed by atoms with van der Waals surface area (Å²) < 4.78 is 0. The van der Waals surface area contributed by atoms with E-state index in [0.717, 1.165) is 37.2 Å². The van der Waals surface area contributed by atoms with Gasteiger partial charge in [0.15, 0.2) is 5.11 Å². The molecule has 0 bridgehead atoms. The van der Waals surface area contributed by atoms with E-state index in [1.165, 1.54) is 23.2 Å². The highest BCUT2D eigenvalue weighted by Gasteiger charge is 2.15. The molecule has 3 rings (SSSR count). The highest BCUT2D eigenvalue weighted by molar-refractivity contribution is 7.80. The summed E-state index contributed by atoms with van der Waals surface area (Å²) in [6.07, 6.45) is 5.20. The fourth-order valence-corrected chi connectivity index (χ4v) is 3.42. The lowest BCUT2D eigenvalue weighted by Crippen LogP contribution is -2.28. The normalized spacial score (nSPS) is 13.5. The molecule has 0 spiro atoms. The predicted molar refractivity (Wildman–Crippen MR) is 115 cm³/mol. The molecule has 1 heterocycles. The molecule has 136 valence electrons. The minimum atomic E-state index is 0.487. The van der Waals surface area contributed by atoms with E-state index in [1.807, 2.05) is 18.3 Å². The van der Waals surface area contributed by atoms with Gasteiger partial charge in [-0.15, -0.1) is 0 Å². The fraction of sp³-hybridized carbons (Fsp3) is 0.333. The van der Waals surface area contributed by atoms with Crippen molar-refractivity contribution >= 4 is 34.9 Å². The number of hydrogen-bond acceptors (Lipinski definition) is 3. The van der Waals surface area contributed by atoms with E-state index in [-0.39, 0.29) is 0 Å². The third kappa shape index (κ3) is 4.61. The summed E-state index contributed by atoms with van der Waals surface area (Å²) in [5, 5.41) is 7.90. The summed E-state index contributed by atoms with van der Waals surface area (Å²) in [5.41, 5.74) is 9.00. The largest absolute Gasteiger partial charge is 0.372 e. The molecule has 0 aliphatic carbocycles. The predicted octanol–water partition coefficient (Wildman–Crippen LogP) is 4.34. The van der Waals surface area contributed by atoms with Gasteiger partial charge in [0.1, 0.15) is 0 Å². The molecule has 0 fully saturated rings. The van der Waals surface area contributed by atoms with Crippen LogP contribution in [0.25, 0.3) is 0 Å². The lowest BCUT2D eigenvalue weighted by molar-refractivity contribution is 0.708. The van der Waals surface area contributed by atoms with Gasteiger partial charge in [-0.2, -0.15) is 5.10 Å². The monoisotopic (exact) mass is 366 g/mol. The molecule has 0 saturated carbocycles. The Morgan fingerprint density at radius 1 is 1.19 bits per heavy atom. The average Bonchev–Trinajstić information content (AvgIpc) is 2.68. The molecule has 0 radical (unpaired) electrons. The molecule has 0 unspecified atom stereocenters. The minimum Gasteiger partial charge on any atom is -0.372 e. The van der Waals surface area contributed by atoms with Gasteiger partial charge in [0.25, 0.3) is 0 Å². The third-order valence-electron chi connectivity index (χ3n) is 4.70. The number of thiocarbonyl (C=S) groups is 1. The SMILES string of the molecule is CCc1ccc(NC(=S)N/N=C\c2ccc3c(c2)CCCN3CC)cc1. The Kier molecular flexibility index (Phi) is 6.23. The van der Waals surface area contributed by atoms with Crippen LogP contribution in [0.1, 0.15) is 37.0 Å². The molecule has 1 aliphatic heterocycles. The fourth-order valence-electron chi connectivity index (χ4n) is 3.25. The number of nitrogens with one attached hydrogen (secondary N) is 2. The van der Waals surface area contributed by atoms with E-state index in [0.29, 0.717) is 5.11 Å². The molecular weight excluding hydrogens is 340 g/mol. The van der Waals surface area contributed by atoms with Crippen molar-refractivity contribution in [2.45, 2.75) is 33.1 Å². The van der Waals surface area contributed by atoms with Crippen LogP contribution in [0.15, 0.2) is 47.6 Å². The Morgan fingerprint density at radius 2 is 2.00 bits per heavy atom. The number of nitrogens with zero attached hydrogens (tertiary/aromatic N) is 2. The van der Waals surface area contributed by atoms with Crippen molar-refractivity contribution in [2.24, 2.45) is 5.10 Å². The third-order valence-corrected chi connectivity index (χ3v) is 4.89. The number of anilines is 2. The maximum Gasteiger partial charge on any atom is 0.191 e. The van der Waals surface area contributed by atoms with Crippen molar-refractivity contribution in [3.8, 4) is 0 Å². The molecule has 26 heavy (non-hydrogen) atoms. The van der Waals surface area contributed by atoms with E-state index in [9.17, 15) is 0 Å². The second-order valence-electron chi connectivity index (χ2n) is 6.45. The zero-order chi connectivity index (χ0) is 18.4. The zero-order valence-corrected chi connectivity index (χ0v) is 16.3. The van der Waals surface area contributed by atoms with Gasteiger partial charge in [-0.25, -0.2) is 0 Å². The smallest absolute Gasteiger partial charge is 0.191 e. The van der Waals surface area contributed by atoms with Crippen LogP contribution < -0.4 is 15.6 Å². The van der Waals surface area contributed by atoms with Gasteiger partial charge >= 0.3 is 0 Å². The Bertz CT molecular complexity index is 783. The Hall–Kier alpha value is -2.40. The van der Waals surface area contributed by atoms with E-state index in [4.69, 9.17) is 12.2 Å². The Morgan fingerprint density at radius 3 is 2.73 bits per heavy atom. The van der Waals surface area contributed by atoms with Crippen molar-refractivity contribution in [2.75, 3.05) is 23.3 Å². The van der Waals surface area contributed by atoms with Crippen LogP contribution in [-0.2, 0) is 12.8 Å². The van der Waals surface area contributed by atoms with Crippen LogP contribution in [0.3, 0.4) is 0 Å². The summed E-state index contributed by atoms with van der Waals surface area (Å²) >= 11 is 5.30. The summed E-state index contributed by atoms with van der Waals surface area (Å²) in [6.45, 7) is 6.56. The number of benzene rings is 2. The first kappa shape index (κ1) is 18.4. The van der Waals surface area contributed by atoms with Gasteiger partial charge in [0.2, 0.25) is 0 Å². The molecule has 5 heteroatoms. The van der Waals surface area contributed by atoms with Gasteiger partial charge in [-0.1, -0.05) is 25.1 Å². The maximum atomic E-state index is 5.30. The molecule has 0 aromatic heterocycles. The van der Waals surface area contributed by atoms with Crippen molar-refractivity contribution < 1.29 is 0 Å². The minimum absolute atomic E-state index is 0.487. The van der Waals surface area contributed by atoms with Crippen molar-refractivity contribution in [3.05, 3.63) is 59.2 Å². The van der Waals surface area contributed by atoms with E-state index < -0.39 is 0 Å². The van der Waals surface area contributed by atoms with Crippen LogP contribution in [0.5, 0.6) is 0 Å². The van der Waals surface area contributed by atoms with Gasteiger partial charge in [-0.05, 0) is 79.4 Å². The van der Waals surface area contributed by atoms with E-state index >= 15 is 0 Å². The summed E-state index contributed by atoms with van der Waals surface area (Å²) in [6, 6.07) is 14.8. The number of hydrazone groups is 1. The average molecular weight is 367 g/mol. The lowest BCUT2D eigenvalue weighted by atomic mass is 9.99. The van der Waals surface area contributed by atoms with Gasteiger partial charge in [-0.3, -0.25) is 5.43 Å². The molecule has 0 amide bonds. The van der Waals surface area contributed by atoms with E-state index in [2.05, 4.69) is 64.9 Å². The highest BCUT2D eigenvalue weighted by atomic mass is 32.1. The second-order valence-corrected chi connectivity index (χ2v) is 6.85. The van der Waals surface area contributed by atoms with Crippen LogP contribution in [0, 0.1) is 0 Å². The van der Waals surface area contributed by atoms with Crippen LogP contribution in [0.4, 0.5) is 11.4 Å². The molecule has 0 atom stereocenters. The standard InChI is InChI=1S/C21H26N4S/c1-3-16-7-10-19(11-8-16)23-21(26)24-22-15-17-9-12-20-18(14-17)6-5-13-25(20)4-2/h7-12,14-15H,3-6,13H2,1-2H3,(H2,23,24,26)/b22-15-. The topological polar surface area (TPSA) is 39.7 Å². The second kappa shape index (κ2) is 8.81. The summed E-state index contributed by atoms with van der Waals surface area (Å²) in [4.78, 5) is 2.43. The molecule has 2 aromatic carbocycles. The van der Waals surface area contributed by atoms with Gasteiger partial charge < -0.3 is 10.2 Å². The van der Waals surface area contributed by atoms with Gasteiger partial charge in [0.05, 0.1) is 6.21 Å². The first-order valence-corrected chi connectivity index (χ1v) is 9.67. The Labute approximate surface area is 161 Å². The molecular formula is C21H26N4S. The number of fused-ring (bicyclic) bond motifs is 1.